The molecular formula is C10H16ClF3N4O3S. The molecule has 0 saturated carbocycles. The summed E-state index contributed by atoms with van der Waals surface area (Å²) < 4.78 is 62.7. The van der Waals surface area contributed by atoms with E-state index in [4.69, 9.17) is 5.21 Å². The summed E-state index contributed by atoms with van der Waals surface area (Å²) in [7, 11) is -2.71. The van der Waals surface area contributed by atoms with E-state index in [-0.39, 0.29) is 36.2 Å². The van der Waals surface area contributed by atoms with Gasteiger partial charge in [0.25, 0.3) is 0 Å². The molecule has 1 heterocycles. The molecule has 1 aromatic heterocycles. The molecule has 1 N–H and O–H groups in total. The van der Waals surface area contributed by atoms with Crippen LogP contribution < -0.4 is 17.0 Å². The summed E-state index contributed by atoms with van der Waals surface area (Å²) >= 11 is 0. The maximum absolute atomic E-state index is 12.3. The highest BCUT2D eigenvalue weighted by Crippen LogP contribution is 2.25. The first-order valence-electron chi connectivity index (χ1n) is 5.86. The van der Waals surface area contributed by atoms with Crippen LogP contribution in [0.2, 0.25) is 0 Å². The highest BCUT2D eigenvalue weighted by atomic mass is 35.5. The molecule has 0 aliphatic heterocycles. The highest BCUT2D eigenvalue weighted by Gasteiger charge is 2.48. The van der Waals surface area contributed by atoms with Gasteiger partial charge in [-0.15, -0.1) is 0 Å². The Balaban J connectivity index is 0.00000441. The van der Waals surface area contributed by atoms with Crippen molar-refractivity contribution in [3.8, 4) is 0 Å². The quantitative estimate of drug-likeness (QED) is 0.258. The first-order chi connectivity index (χ1) is 9.61. The lowest BCUT2D eigenvalue weighted by molar-refractivity contribution is -0.671. The molecule has 0 unspecified atom stereocenters. The molecule has 1 aromatic rings. The van der Waals surface area contributed by atoms with Crippen LogP contribution in [0.25, 0.3) is 0 Å². The molecule has 0 aliphatic rings. The Kier molecular flexibility index (Phi) is 7.32. The van der Waals surface area contributed by atoms with E-state index in [9.17, 15) is 21.6 Å². The van der Waals surface area contributed by atoms with Gasteiger partial charge in [0.1, 0.15) is 12.4 Å². The van der Waals surface area contributed by atoms with Crippen LogP contribution in [0.4, 0.5) is 13.2 Å². The number of sulfonamides is 1. The number of hydrogen-bond donors (Lipinski definition) is 1. The first-order valence-corrected chi connectivity index (χ1v) is 7.30. The highest BCUT2D eigenvalue weighted by molar-refractivity contribution is 7.89. The second-order valence-corrected chi connectivity index (χ2v) is 6.37. The summed E-state index contributed by atoms with van der Waals surface area (Å²) in [5.41, 5.74) is -5.30. The maximum atomic E-state index is 12.3. The molecule has 0 aliphatic carbocycles. The summed E-state index contributed by atoms with van der Waals surface area (Å²) in [6.07, 6.45) is 4.67. The number of aromatic nitrogens is 2. The summed E-state index contributed by atoms with van der Waals surface area (Å²) in [5, 5.41) is 11.4. The fraction of sp³-hybridized carbons (Fsp3) is 0.600. The van der Waals surface area contributed by atoms with Crippen LogP contribution in [0, 0.1) is 0 Å². The van der Waals surface area contributed by atoms with Crippen molar-refractivity contribution in [3.05, 3.63) is 18.2 Å². The fourth-order valence-corrected chi connectivity index (χ4v) is 2.43. The number of imidazole rings is 1. The van der Waals surface area contributed by atoms with Gasteiger partial charge < -0.3 is 17.6 Å². The lowest BCUT2D eigenvalue weighted by atomic mass is 10.4. The summed E-state index contributed by atoms with van der Waals surface area (Å²) in [6, 6.07) is 0. The lowest BCUT2D eigenvalue weighted by Gasteiger charge is -2.18. The molecule has 0 saturated heterocycles. The number of aryl methyl sites for hydroxylation is 2. The minimum absolute atomic E-state index is 0. The Morgan fingerprint density at radius 3 is 2.59 bits per heavy atom. The molecule has 0 atom stereocenters. The topological polar surface area (TPSA) is 78.8 Å². The first kappa shape index (κ1) is 20.7. The largest absolute Gasteiger partial charge is 1.00 e. The van der Waals surface area contributed by atoms with Gasteiger partial charge in [0, 0.05) is 13.6 Å². The molecule has 0 bridgehead atoms. The van der Waals surface area contributed by atoms with Crippen molar-refractivity contribution in [1.29, 1.82) is 0 Å². The van der Waals surface area contributed by atoms with Crippen LogP contribution in [0.3, 0.4) is 0 Å². The Morgan fingerprint density at radius 2 is 2.09 bits per heavy atom. The van der Waals surface area contributed by atoms with Crippen LogP contribution >= 0.6 is 0 Å². The van der Waals surface area contributed by atoms with E-state index in [1.54, 1.807) is 28.6 Å². The summed E-state index contributed by atoms with van der Waals surface area (Å²) in [6.45, 7) is -0.000639. The third-order valence-corrected chi connectivity index (χ3v) is 4.46. The second-order valence-electron chi connectivity index (χ2n) is 4.33. The predicted octanol–water partition coefficient (Wildman–Crippen LogP) is -2.70. The molecule has 0 aromatic carbocycles. The minimum Gasteiger partial charge on any atom is -1.00 e. The summed E-state index contributed by atoms with van der Waals surface area (Å²) in [4.78, 5) is 0. The number of rotatable bonds is 6. The number of hydrogen-bond acceptors (Lipinski definition) is 4. The zero-order valence-corrected chi connectivity index (χ0v) is 13.4. The van der Waals surface area contributed by atoms with Gasteiger partial charge in [0.05, 0.1) is 13.6 Å². The summed E-state index contributed by atoms with van der Waals surface area (Å²) in [5.74, 6) is 0.527. The molecule has 22 heavy (non-hydrogen) atoms. The van der Waals surface area contributed by atoms with Crippen molar-refractivity contribution < 1.29 is 43.8 Å². The zero-order chi connectivity index (χ0) is 16.3. The molecule has 12 heteroatoms. The van der Waals surface area contributed by atoms with Gasteiger partial charge in [-0.3, -0.25) is 0 Å². The normalized spacial score (nSPS) is 12.8. The van der Waals surface area contributed by atoms with E-state index in [0.717, 1.165) is 7.05 Å². The Hall–Kier alpha value is -1.33. The van der Waals surface area contributed by atoms with Gasteiger partial charge in [0.2, 0.25) is 0 Å². The SMILES string of the molecule is CN(CCCn1cc[n+](C)c1/C=N/O)S(=O)(=O)C(F)(F)F.[Cl-]. The van der Waals surface area contributed by atoms with Crippen molar-refractivity contribution in [2.24, 2.45) is 12.2 Å². The van der Waals surface area contributed by atoms with E-state index in [0.29, 0.717) is 5.82 Å². The van der Waals surface area contributed by atoms with Crippen LogP contribution in [-0.4, -0.2) is 47.8 Å². The molecule has 0 spiro atoms. The van der Waals surface area contributed by atoms with E-state index >= 15 is 0 Å². The molecule has 128 valence electrons. The van der Waals surface area contributed by atoms with Gasteiger partial charge in [-0.05, 0) is 6.42 Å². The van der Waals surface area contributed by atoms with Crippen molar-refractivity contribution in [2.45, 2.75) is 18.5 Å². The van der Waals surface area contributed by atoms with Gasteiger partial charge >= 0.3 is 21.4 Å². The van der Waals surface area contributed by atoms with Gasteiger partial charge in [-0.2, -0.15) is 17.5 Å². The molecule has 7 nitrogen and oxygen atoms in total. The second kappa shape index (κ2) is 7.79. The standard InChI is InChI=1S/C10H15F3N4O3S.ClH/c1-15-6-7-17(9(15)8-14-18)5-3-4-16(2)21(19,20)10(11,12)13;/h6-8H,3-5H2,1-2H3;1H. The van der Waals surface area contributed by atoms with E-state index in [2.05, 4.69) is 5.16 Å². The van der Waals surface area contributed by atoms with E-state index in [1.807, 2.05) is 0 Å². The minimum atomic E-state index is -5.30. The number of nitrogens with zero attached hydrogens (tertiary/aromatic N) is 4. The van der Waals surface area contributed by atoms with Crippen molar-refractivity contribution >= 4 is 16.2 Å². The predicted molar refractivity (Wildman–Crippen MR) is 67.2 cm³/mol. The number of halogens is 4. The fourth-order valence-electron chi connectivity index (χ4n) is 1.70. The van der Waals surface area contributed by atoms with Crippen LogP contribution in [0.1, 0.15) is 12.2 Å². The molecule has 0 amide bonds. The maximum Gasteiger partial charge on any atom is 0.511 e. The monoisotopic (exact) mass is 364 g/mol. The smallest absolute Gasteiger partial charge is 0.511 e. The Morgan fingerprint density at radius 1 is 1.50 bits per heavy atom. The molecular weight excluding hydrogens is 349 g/mol. The Labute approximate surface area is 132 Å². The average Bonchev–Trinajstić information content (AvgIpc) is 2.70. The van der Waals surface area contributed by atoms with Gasteiger partial charge in [-0.1, -0.05) is 5.16 Å². The van der Waals surface area contributed by atoms with Crippen LogP contribution in [0.5, 0.6) is 0 Å². The van der Waals surface area contributed by atoms with Crippen molar-refractivity contribution in [1.82, 2.24) is 8.87 Å². The number of oxime groups is 1. The average molecular weight is 365 g/mol. The van der Waals surface area contributed by atoms with Crippen LogP contribution in [0.15, 0.2) is 17.5 Å². The lowest BCUT2D eigenvalue weighted by Crippen LogP contribution is -3.00. The Bertz CT molecular complexity index is 615. The third-order valence-electron chi connectivity index (χ3n) is 2.87. The molecule has 0 radical (unpaired) electrons. The van der Waals surface area contributed by atoms with Crippen molar-refractivity contribution in [2.75, 3.05) is 13.6 Å². The zero-order valence-electron chi connectivity index (χ0n) is 11.8. The molecule has 0 fully saturated rings. The van der Waals surface area contributed by atoms with Crippen LogP contribution in [-0.2, 0) is 23.6 Å². The number of alkyl halides is 3. The third kappa shape index (κ3) is 4.58. The molecule has 1 rings (SSSR count). The van der Waals surface area contributed by atoms with Crippen molar-refractivity contribution in [3.63, 3.8) is 0 Å². The van der Waals surface area contributed by atoms with Gasteiger partial charge in [0.15, 0.2) is 6.21 Å². The van der Waals surface area contributed by atoms with E-state index < -0.39 is 15.5 Å². The van der Waals surface area contributed by atoms with Gasteiger partial charge in [-0.25, -0.2) is 17.6 Å². The van der Waals surface area contributed by atoms with E-state index in [1.165, 1.54) is 6.21 Å².